The summed E-state index contributed by atoms with van der Waals surface area (Å²) in [6.07, 6.45) is 0. The molecule has 0 atom stereocenters. The van der Waals surface area contributed by atoms with Gasteiger partial charge in [-0.15, -0.1) is 0 Å². The molecule has 0 unspecified atom stereocenters. The van der Waals surface area contributed by atoms with Crippen LogP contribution in [0.1, 0.15) is 46.9 Å². The summed E-state index contributed by atoms with van der Waals surface area (Å²) < 4.78 is 0. The molecule has 0 aliphatic heterocycles. The van der Waals surface area contributed by atoms with Crippen LogP contribution in [-0.4, -0.2) is 21.3 Å². The van der Waals surface area contributed by atoms with Crippen LogP contribution < -0.4 is 0 Å². The number of carboxylic acids is 1. The maximum atomic E-state index is 11.3. The van der Waals surface area contributed by atoms with Gasteiger partial charge in [0.2, 0.25) is 0 Å². The van der Waals surface area contributed by atoms with E-state index in [1.165, 1.54) is 5.56 Å². The molecule has 4 nitrogen and oxygen atoms in total. The monoisotopic (exact) mass is 258 g/mol. The van der Waals surface area contributed by atoms with Crippen molar-refractivity contribution in [1.82, 2.24) is 10.2 Å². The number of nitrogens with zero attached hydrogens (tertiary/aromatic N) is 1. The predicted molar refractivity (Wildman–Crippen MR) is 74.5 cm³/mol. The zero-order valence-corrected chi connectivity index (χ0v) is 11.6. The van der Waals surface area contributed by atoms with Crippen LogP contribution in [0.2, 0.25) is 0 Å². The fourth-order valence-electron chi connectivity index (χ4n) is 2.14. The lowest BCUT2D eigenvalue weighted by molar-refractivity contribution is 0.0697. The molecule has 2 aromatic rings. The molecular weight excluding hydrogens is 240 g/mol. The van der Waals surface area contributed by atoms with Gasteiger partial charge in [-0.25, -0.2) is 4.79 Å². The van der Waals surface area contributed by atoms with Gasteiger partial charge in [0.05, 0.1) is 0 Å². The van der Waals surface area contributed by atoms with Gasteiger partial charge in [0.1, 0.15) is 11.3 Å². The number of H-pyrrole nitrogens is 1. The van der Waals surface area contributed by atoms with E-state index in [9.17, 15) is 9.90 Å². The Bertz CT molecular complexity index is 627. The molecule has 1 aromatic carbocycles. The summed E-state index contributed by atoms with van der Waals surface area (Å²) in [5.41, 5.74) is 4.44. The van der Waals surface area contributed by atoms with E-state index in [2.05, 4.69) is 30.1 Å². The SMILES string of the molecule is Cc1ccc(C(C)C)cc1-c1n[nH]c(C)c1C(=O)O. The molecule has 0 aliphatic carbocycles. The Morgan fingerprint density at radius 1 is 1.32 bits per heavy atom. The summed E-state index contributed by atoms with van der Waals surface area (Å²) in [5.74, 6) is -0.553. The molecule has 0 amide bonds. The van der Waals surface area contributed by atoms with Crippen LogP contribution in [0.15, 0.2) is 18.2 Å². The van der Waals surface area contributed by atoms with Gasteiger partial charge in [-0.2, -0.15) is 5.10 Å². The Morgan fingerprint density at radius 3 is 2.58 bits per heavy atom. The average molecular weight is 258 g/mol. The molecule has 0 saturated carbocycles. The third kappa shape index (κ3) is 2.38. The number of hydrogen-bond donors (Lipinski definition) is 2. The summed E-state index contributed by atoms with van der Waals surface area (Å²) >= 11 is 0. The first-order valence-corrected chi connectivity index (χ1v) is 6.31. The lowest BCUT2D eigenvalue weighted by Crippen LogP contribution is -2.01. The zero-order valence-electron chi connectivity index (χ0n) is 11.6. The van der Waals surface area contributed by atoms with Gasteiger partial charge in [0.15, 0.2) is 0 Å². The van der Waals surface area contributed by atoms with Crippen molar-refractivity contribution < 1.29 is 9.90 Å². The van der Waals surface area contributed by atoms with Crippen LogP contribution >= 0.6 is 0 Å². The van der Waals surface area contributed by atoms with Crippen LogP contribution in [0, 0.1) is 13.8 Å². The van der Waals surface area contributed by atoms with E-state index in [1.807, 2.05) is 19.1 Å². The maximum absolute atomic E-state index is 11.3. The van der Waals surface area contributed by atoms with Gasteiger partial charge < -0.3 is 5.11 Å². The van der Waals surface area contributed by atoms with Crippen LogP contribution in [0.3, 0.4) is 0 Å². The Labute approximate surface area is 112 Å². The molecular formula is C15H18N2O2. The fraction of sp³-hybridized carbons (Fsp3) is 0.333. The average Bonchev–Trinajstić information content (AvgIpc) is 2.71. The molecule has 0 spiro atoms. The molecule has 0 radical (unpaired) electrons. The number of aromatic nitrogens is 2. The minimum Gasteiger partial charge on any atom is -0.478 e. The molecule has 2 rings (SSSR count). The normalized spacial score (nSPS) is 11.0. The molecule has 0 fully saturated rings. The first-order valence-electron chi connectivity index (χ1n) is 6.31. The summed E-state index contributed by atoms with van der Waals surface area (Å²) in [7, 11) is 0. The highest BCUT2D eigenvalue weighted by molar-refractivity contribution is 5.96. The molecule has 1 aromatic heterocycles. The van der Waals surface area contributed by atoms with Crippen LogP contribution in [0.25, 0.3) is 11.3 Å². The van der Waals surface area contributed by atoms with Crippen molar-refractivity contribution in [2.45, 2.75) is 33.6 Å². The van der Waals surface area contributed by atoms with E-state index < -0.39 is 5.97 Å². The molecule has 2 N–H and O–H groups in total. The number of hydrogen-bond acceptors (Lipinski definition) is 2. The number of benzene rings is 1. The van der Waals surface area contributed by atoms with Crippen molar-refractivity contribution in [3.8, 4) is 11.3 Å². The number of carboxylic acid groups (broad SMARTS) is 1. The van der Waals surface area contributed by atoms with Crippen LogP contribution in [0.5, 0.6) is 0 Å². The molecule has 0 bridgehead atoms. The Hall–Kier alpha value is -2.10. The van der Waals surface area contributed by atoms with Crippen molar-refractivity contribution in [2.75, 3.05) is 0 Å². The number of nitrogens with one attached hydrogen (secondary N) is 1. The predicted octanol–water partition coefficient (Wildman–Crippen LogP) is 3.52. The van der Waals surface area contributed by atoms with E-state index in [1.54, 1.807) is 6.92 Å². The van der Waals surface area contributed by atoms with Crippen molar-refractivity contribution in [1.29, 1.82) is 0 Å². The van der Waals surface area contributed by atoms with E-state index in [0.29, 0.717) is 17.3 Å². The quantitative estimate of drug-likeness (QED) is 0.885. The summed E-state index contributed by atoms with van der Waals surface area (Å²) in [5, 5.41) is 16.2. The first kappa shape index (κ1) is 13.3. The highest BCUT2D eigenvalue weighted by atomic mass is 16.4. The van der Waals surface area contributed by atoms with E-state index >= 15 is 0 Å². The summed E-state index contributed by atoms with van der Waals surface area (Å²) in [4.78, 5) is 11.3. The number of aryl methyl sites for hydroxylation is 2. The van der Waals surface area contributed by atoms with Gasteiger partial charge in [-0.1, -0.05) is 26.0 Å². The Morgan fingerprint density at radius 2 is 2.00 bits per heavy atom. The van der Waals surface area contributed by atoms with Crippen molar-refractivity contribution in [3.05, 3.63) is 40.6 Å². The van der Waals surface area contributed by atoms with E-state index in [-0.39, 0.29) is 5.56 Å². The standard InChI is InChI=1S/C15H18N2O2/c1-8(2)11-6-5-9(3)12(7-11)14-13(15(18)19)10(4)16-17-14/h5-8H,1-4H3,(H,16,17)(H,18,19). The third-order valence-corrected chi connectivity index (χ3v) is 3.34. The topological polar surface area (TPSA) is 66.0 Å². The van der Waals surface area contributed by atoms with Crippen molar-refractivity contribution >= 4 is 5.97 Å². The van der Waals surface area contributed by atoms with Gasteiger partial charge in [0.25, 0.3) is 0 Å². The molecule has 4 heteroatoms. The van der Waals surface area contributed by atoms with Gasteiger partial charge in [-0.3, -0.25) is 5.10 Å². The van der Waals surface area contributed by atoms with Crippen molar-refractivity contribution in [2.24, 2.45) is 0 Å². The number of carbonyl (C=O) groups is 1. The third-order valence-electron chi connectivity index (χ3n) is 3.34. The second-order valence-electron chi connectivity index (χ2n) is 5.11. The lowest BCUT2D eigenvalue weighted by atomic mass is 9.94. The number of rotatable bonds is 3. The summed E-state index contributed by atoms with van der Waals surface area (Å²) in [6, 6.07) is 6.12. The second-order valence-corrected chi connectivity index (χ2v) is 5.11. The molecule has 0 aliphatic rings. The van der Waals surface area contributed by atoms with Crippen LogP contribution in [-0.2, 0) is 0 Å². The smallest absolute Gasteiger partial charge is 0.339 e. The first-order chi connectivity index (χ1) is 8.91. The van der Waals surface area contributed by atoms with Gasteiger partial charge in [0, 0.05) is 11.3 Å². The number of aromatic carboxylic acids is 1. The largest absolute Gasteiger partial charge is 0.478 e. The van der Waals surface area contributed by atoms with Crippen molar-refractivity contribution in [3.63, 3.8) is 0 Å². The Kier molecular flexibility index (Phi) is 3.42. The minimum absolute atomic E-state index is 0.254. The zero-order chi connectivity index (χ0) is 14.2. The highest BCUT2D eigenvalue weighted by Crippen LogP contribution is 2.29. The maximum Gasteiger partial charge on any atom is 0.339 e. The van der Waals surface area contributed by atoms with E-state index in [4.69, 9.17) is 0 Å². The molecule has 0 saturated heterocycles. The fourth-order valence-corrected chi connectivity index (χ4v) is 2.14. The number of aromatic amines is 1. The van der Waals surface area contributed by atoms with E-state index in [0.717, 1.165) is 11.1 Å². The Balaban J connectivity index is 2.65. The molecule has 1 heterocycles. The molecule has 100 valence electrons. The lowest BCUT2D eigenvalue weighted by Gasteiger charge is -2.10. The summed E-state index contributed by atoms with van der Waals surface area (Å²) in [6.45, 7) is 7.92. The van der Waals surface area contributed by atoms with Crippen LogP contribution in [0.4, 0.5) is 0 Å². The molecule has 19 heavy (non-hydrogen) atoms. The minimum atomic E-state index is -0.949. The van der Waals surface area contributed by atoms with Gasteiger partial charge >= 0.3 is 5.97 Å². The van der Waals surface area contributed by atoms with Gasteiger partial charge in [-0.05, 0) is 37.0 Å². The highest BCUT2D eigenvalue weighted by Gasteiger charge is 2.20. The second kappa shape index (κ2) is 4.88.